The number of nitrogens with zero attached hydrogens (tertiary/aromatic N) is 4. The molecule has 0 bridgehead atoms. The van der Waals surface area contributed by atoms with Crippen LogP contribution in [0.5, 0.6) is 0 Å². The highest BCUT2D eigenvalue weighted by Crippen LogP contribution is 2.26. The molecule has 142 valence electrons. The van der Waals surface area contributed by atoms with Gasteiger partial charge in [-0.05, 0) is 36.8 Å². The van der Waals surface area contributed by atoms with Crippen molar-refractivity contribution in [2.24, 2.45) is 0 Å². The first-order valence-electron chi connectivity index (χ1n) is 8.31. The molecule has 1 aliphatic rings. The van der Waals surface area contributed by atoms with E-state index in [2.05, 4.69) is 10.3 Å². The fourth-order valence-corrected chi connectivity index (χ4v) is 3.18. The number of nitro groups is 1. The number of anilines is 2. The molecule has 2 heterocycles. The lowest BCUT2D eigenvalue weighted by Crippen LogP contribution is -2.38. The van der Waals surface area contributed by atoms with Gasteiger partial charge in [0.05, 0.1) is 10.6 Å². The second kappa shape index (κ2) is 8.21. The van der Waals surface area contributed by atoms with Gasteiger partial charge in [-0.25, -0.2) is 13.8 Å². The lowest BCUT2D eigenvalue weighted by atomic mass is 10.3. The minimum atomic E-state index is -0.724. The second-order valence-corrected chi connectivity index (χ2v) is 6.37. The van der Waals surface area contributed by atoms with E-state index in [1.807, 2.05) is 9.80 Å². The maximum atomic E-state index is 13.8. The molecule has 27 heavy (non-hydrogen) atoms. The maximum absolute atomic E-state index is 13.8. The zero-order chi connectivity index (χ0) is 19.4. The summed E-state index contributed by atoms with van der Waals surface area (Å²) in [5, 5.41) is 14.3. The van der Waals surface area contributed by atoms with Crippen LogP contribution in [0.2, 0.25) is 0 Å². The van der Waals surface area contributed by atoms with Gasteiger partial charge in [-0.15, -0.1) is 0 Å². The summed E-state index contributed by atoms with van der Waals surface area (Å²) in [6.45, 7) is 2.15. The molecule has 3 rings (SSSR count). The van der Waals surface area contributed by atoms with Crippen LogP contribution in [0.1, 0.15) is 6.42 Å². The van der Waals surface area contributed by atoms with E-state index in [0.717, 1.165) is 12.1 Å². The van der Waals surface area contributed by atoms with Crippen molar-refractivity contribution in [2.45, 2.75) is 6.42 Å². The van der Waals surface area contributed by atoms with Gasteiger partial charge in [0.2, 0.25) is 5.82 Å². The summed E-state index contributed by atoms with van der Waals surface area (Å²) in [5.41, 5.74) is 0.0582. The van der Waals surface area contributed by atoms with E-state index in [1.54, 1.807) is 0 Å². The molecule has 1 fully saturated rings. The molecule has 7 nitrogen and oxygen atoms in total. The zero-order valence-electron chi connectivity index (χ0n) is 14.3. The summed E-state index contributed by atoms with van der Waals surface area (Å²) in [6, 6.07) is 6.18. The van der Waals surface area contributed by atoms with Gasteiger partial charge >= 0.3 is 5.69 Å². The molecule has 0 amide bonds. The van der Waals surface area contributed by atoms with Crippen molar-refractivity contribution in [3.05, 3.63) is 58.3 Å². The van der Waals surface area contributed by atoms with Crippen LogP contribution in [0.25, 0.3) is 0 Å². The lowest BCUT2D eigenvalue weighted by molar-refractivity contribution is -0.384. The van der Waals surface area contributed by atoms with Crippen LogP contribution in [0.4, 0.5) is 26.0 Å². The Morgan fingerprint density at radius 2 is 2.04 bits per heavy atom. The Kier molecular flexibility index (Phi) is 5.75. The van der Waals surface area contributed by atoms with Crippen LogP contribution in [-0.4, -0.2) is 46.1 Å². The van der Waals surface area contributed by atoms with Crippen LogP contribution in [0, 0.1) is 21.7 Å². The van der Waals surface area contributed by atoms with Gasteiger partial charge in [0, 0.05) is 44.5 Å². The lowest BCUT2D eigenvalue weighted by Gasteiger charge is -2.25. The number of hydrogen-bond acceptors (Lipinski definition) is 5. The predicted octanol–water partition coefficient (Wildman–Crippen LogP) is 3.18. The van der Waals surface area contributed by atoms with Crippen LogP contribution in [0.15, 0.2) is 36.5 Å². The molecule has 0 radical (unpaired) electrons. The Balaban J connectivity index is 1.68. The van der Waals surface area contributed by atoms with E-state index in [9.17, 15) is 18.9 Å². The SMILES string of the molecule is O=[N+]([O-])c1cccnc1N1CCCN(C(=S)Nc2ccc(F)cc2F)CC1. The summed E-state index contributed by atoms with van der Waals surface area (Å²) >= 11 is 5.34. The summed E-state index contributed by atoms with van der Waals surface area (Å²) in [6.07, 6.45) is 2.22. The first-order valence-corrected chi connectivity index (χ1v) is 8.72. The molecule has 0 spiro atoms. The van der Waals surface area contributed by atoms with E-state index in [-0.39, 0.29) is 11.4 Å². The van der Waals surface area contributed by atoms with Gasteiger partial charge in [0.1, 0.15) is 11.6 Å². The first-order chi connectivity index (χ1) is 13.0. The largest absolute Gasteiger partial charge is 0.349 e. The number of aromatic nitrogens is 1. The number of halogens is 2. The fraction of sp³-hybridized carbons (Fsp3) is 0.294. The number of nitrogens with one attached hydrogen (secondary N) is 1. The Hall–Kier alpha value is -2.88. The van der Waals surface area contributed by atoms with Gasteiger partial charge in [0.15, 0.2) is 5.11 Å². The molecule has 10 heteroatoms. The Morgan fingerprint density at radius 3 is 2.78 bits per heavy atom. The van der Waals surface area contributed by atoms with Crippen molar-refractivity contribution < 1.29 is 13.7 Å². The predicted molar refractivity (Wildman–Crippen MR) is 102 cm³/mol. The van der Waals surface area contributed by atoms with E-state index < -0.39 is 16.6 Å². The summed E-state index contributed by atoms with van der Waals surface area (Å²) < 4.78 is 26.8. The molecular weight excluding hydrogens is 376 g/mol. The van der Waals surface area contributed by atoms with Crippen LogP contribution >= 0.6 is 12.2 Å². The number of benzene rings is 1. The number of rotatable bonds is 3. The third kappa shape index (κ3) is 4.45. The van der Waals surface area contributed by atoms with Gasteiger partial charge in [-0.3, -0.25) is 10.1 Å². The zero-order valence-corrected chi connectivity index (χ0v) is 15.1. The number of pyridine rings is 1. The molecule has 1 aromatic carbocycles. The normalized spacial score (nSPS) is 14.6. The van der Waals surface area contributed by atoms with Crippen molar-refractivity contribution in [1.29, 1.82) is 0 Å². The van der Waals surface area contributed by atoms with Crippen molar-refractivity contribution in [2.75, 3.05) is 36.4 Å². The van der Waals surface area contributed by atoms with E-state index >= 15 is 0 Å². The van der Waals surface area contributed by atoms with E-state index in [1.165, 1.54) is 24.4 Å². The number of thiocarbonyl (C=S) groups is 1. The third-order valence-electron chi connectivity index (χ3n) is 4.22. The average Bonchev–Trinajstić information content (AvgIpc) is 2.90. The molecule has 0 saturated carbocycles. The standard InChI is InChI=1S/C17H17F2N5O2S/c18-12-4-5-14(13(19)11-12)21-17(27)23-8-2-7-22(9-10-23)16-15(24(25)26)3-1-6-20-16/h1,3-6,11H,2,7-10H2,(H,21,27). The topological polar surface area (TPSA) is 74.5 Å². The average molecular weight is 393 g/mol. The van der Waals surface area contributed by atoms with Crippen molar-refractivity contribution in [3.63, 3.8) is 0 Å². The van der Waals surface area contributed by atoms with Gasteiger partial charge < -0.3 is 15.1 Å². The molecule has 1 aliphatic heterocycles. The van der Waals surface area contributed by atoms with E-state index in [0.29, 0.717) is 43.5 Å². The fourth-order valence-electron chi connectivity index (χ4n) is 2.89. The highest BCUT2D eigenvalue weighted by Gasteiger charge is 2.24. The molecule has 0 aliphatic carbocycles. The highest BCUT2D eigenvalue weighted by molar-refractivity contribution is 7.80. The van der Waals surface area contributed by atoms with Crippen molar-refractivity contribution in [3.8, 4) is 0 Å². The molecule has 2 aromatic rings. The van der Waals surface area contributed by atoms with Crippen LogP contribution in [-0.2, 0) is 0 Å². The minimum absolute atomic E-state index is 0.0416. The third-order valence-corrected chi connectivity index (χ3v) is 4.58. The minimum Gasteiger partial charge on any atom is -0.349 e. The molecule has 0 atom stereocenters. The number of hydrogen-bond donors (Lipinski definition) is 1. The summed E-state index contributed by atoms with van der Waals surface area (Å²) in [5.74, 6) is -1.06. The van der Waals surface area contributed by atoms with Gasteiger partial charge in [-0.1, -0.05) is 0 Å². The highest BCUT2D eigenvalue weighted by atomic mass is 32.1. The van der Waals surface area contributed by atoms with Crippen molar-refractivity contribution in [1.82, 2.24) is 9.88 Å². The van der Waals surface area contributed by atoms with Crippen molar-refractivity contribution >= 4 is 34.5 Å². The quantitative estimate of drug-likeness (QED) is 0.488. The first kappa shape index (κ1) is 18.9. The molecular formula is C17H17F2N5O2S. The Labute approximate surface area is 159 Å². The summed E-state index contributed by atoms with van der Waals surface area (Å²) in [7, 11) is 0. The maximum Gasteiger partial charge on any atom is 0.311 e. The molecule has 0 unspecified atom stereocenters. The van der Waals surface area contributed by atoms with E-state index in [4.69, 9.17) is 12.2 Å². The monoisotopic (exact) mass is 393 g/mol. The Bertz CT molecular complexity index is 867. The molecule has 1 saturated heterocycles. The Morgan fingerprint density at radius 1 is 1.22 bits per heavy atom. The molecule has 1 aromatic heterocycles. The molecule has 1 N–H and O–H groups in total. The van der Waals surface area contributed by atoms with Gasteiger partial charge in [-0.2, -0.15) is 0 Å². The van der Waals surface area contributed by atoms with Gasteiger partial charge in [0.25, 0.3) is 0 Å². The van der Waals surface area contributed by atoms with Crippen LogP contribution in [0.3, 0.4) is 0 Å². The summed E-state index contributed by atoms with van der Waals surface area (Å²) in [4.78, 5) is 18.6. The smallest absolute Gasteiger partial charge is 0.311 e. The second-order valence-electron chi connectivity index (χ2n) is 5.99. The van der Waals surface area contributed by atoms with Crippen LogP contribution < -0.4 is 10.2 Å².